The van der Waals surface area contributed by atoms with Gasteiger partial charge in [-0.25, -0.2) is 0 Å². The van der Waals surface area contributed by atoms with Crippen LogP contribution in [-0.2, 0) is 0 Å². The molecule has 0 heterocycles. The summed E-state index contributed by atoms with van der Waals surface area (Å²) in [6.45, 7) is 4.30. The van der Waals surface area contributed by atoms with E-state index in [1.54, 1.807) is 12.1 Å². The van der Waals surface area contributed by atoms with Crippen molar-refractivity contribution in [1.29, 1.82) is 0 Å². The lowest BCUT2D eigenvalue weighted by atomic mass is 10.1. The van der Waals surface area contributed by atoms with E-state index in [-0.39, 0.29) is 6.04 Å². The van der Waals surface area contributed by atoms with Crippen molar-refractivity contribution in [2.24, 2.45) is 5.73 Å². The second kappa shape index (κ2) is 4.87. The zero-order valence-corrected chi connectivity index (χ0v) is 9.69. The van der Waals surface area contributed by atoms with Gasteiger partial charge in [0.05, 0.1) is 16.7 Å². The Bertz CT molecular complexity index is 303. The van der Waals surface area contributed by atoms with Crippen LogP contribution in [0.2, 0.25) is 10.0 Å². The Morgan fingerprint density at radius 3 is 2.21 bits per heavy atom. The van der Waals surface area contributed by atoms with Crippen LogP contribution >= 0.6 is 23.2 Å². The molecule has 14 heavy (non-hydrogen) atoms. The third kappa shape index (κ3) is 2.53. The zero-order chi connectivity index (χ0) is 10.7. The predicted molar refractivity (Wildman–Crippen MR) is 60.2 cm³/mol. The first-order chi connectivity index (χ1) is 6.56. The topological polar surface area (TPSA) is 35.2 Å². The molecule has 2 N–H and O–H groups in total. The minimum absolute atomic E-state index is 0.0827. The Morgan fingerprint density at radius 1 is 1.36 bits per heavy atom. The second-order valence-electron chi connectivity index (χ2n) is 3.04. The van der Waals surface area contributed by atoms with Crippen LogP contribution in [-0.4, -0.2) is 6.61 Å². The Hall–Kier alpha value is -0.440. The fraction of sp³-hybridized carbons (Fsp3) is 0.400. The number of rotatable bonds is 3. The van der Waals surface area contributed by atoms with E-state index in [0.29, 0.717) is 22.4 Å². The van der Waals surface area contributed by atoms with Crippen molar-refractivity contribution in [1.82, 2.24) is 0 Å². The van der Waals surface area contributed by atoms with Gasteiger partial charge in [-0.05, 0) is 31.5 Å². The number of benzene rings is 1. The molecule has 1 atom stereocenters. The maximum Gasteiger partial charge on any atom is 0.156 e. The first kappa shape index (κ1) is 11.6. The van der Waals surface area contributed by atoms with E-state index in [1.807, 2.05) is 13.8 Å². The zero-order valence-electron chi connectivity index (χ0n) is 8.18. The summed E-state index contributed by atoms with van der Waals surface area (Å²) in [5, 5.41) is 1.01. The summed E-state index contributed by atoms with van der Waals surface area (Å²) in [5.74, 6) is 0.528. The molecule has 0 spiro atoms. The van der Waals surface area contributed by atoms with Gasteiger partial charge in [-0.2, -0.15) is 0 Å². The molecule has 1 aromatic rings. The lowest BCUT2D eigenvalue weighted by Gasteiger charge is -2.12. The van der Waals surface area contributed by atoms with Crippen molar-refractivity contribution in [3.05, 3.63) is 27.7 Å². The number of halogens is 2. The summed E-state index contributed by atoms with van der Waals surface area (Å²) in [4.78, 5) is 0. The van der Waals surface area contributed by atoms with Crippen molar-refractivity contribution in [2.45, 2.75) is 19.9 Å². The lowest BCUT2D eigenvalue weighted by molar-refractivity contribution is 0.340. The van der Waals surface area contributed by atoms with Gasteiger partial charge in [-0.15, -0.1) is 0 Å². The first-order valence-electron chi connectivity index (χ1n) is 4.43. The molecule has 0 amide bonds. The summed E-state index contributed by atoms with van der Waals surface area (Å²) >= 11 is 12.0. The first-order valence-corrected chi connectivity index (χ1v) is 5.19. The molecule has 1 aromatic carbocycles. The summed E-state index contributed by atoms with van der Waals surface area (Å²) in [6.07, 6.45) is 0. The lowest BCUT2D eigenvalue weighted by Crippen LogP contribution is -2.05. The summed E-state index contributed by atoms with van der Waals surface area (Å²) in [6, 6.07) is 3.48. The molecule has 78 valence electrons. The summed E-state index contributed by atoms with van der Waals surface area (Å²) in [7, 11) is 0. The molecule has 0 aliphatic carbocycles. The Labute approximate surface area is 94.0 Å². The van der Waals surface area contributed by atoms with E-state index in [1.165, 1.54) is 0 Å². The third-order valence-electron chi connectivity index (χ3n) is 1.84. The van der Waals surface area contributed by atoms with Crippen LogP contribution in [0.3, 0.4) is 0 Å². The molecule has 1 unspecified atom stereocenters. The van der Waals surface area contributed by atoms with Crippen LogP contribution in [0.4, 0.5) is 0 Å². The van der Waals surface area contributed by atoms with Gasteiger partial charge in [-0.1, -0.05) is 23.2 Å². The van der Waals surface area contributed by atoms with Crippen LogP contribution in [0.25, 0.3) is 0 Å². The highest BCUT2D eigenvalue weighted by atomic mass is 35.5. The molecule has 0 radical (unpaired) electrons. The molecule has 1 rings (SSSR count). The second-order valence-corrected chi connectivity index (χ2v) is 3.85. The van der Waals surface area contributed by atoms with Gasteiger partial charge in [0, 0.05) is 6.04 Å². The van der Waals surface area contributed by atoms with E-state index < -0.39 is 0 Å². The van der Waals surface area contributed by atoms with E-state index in [0.717, 1.165) is 5.56 Å². The van der Waals surface area contributed by atoms with Gasteiger partial charge in [0.2, 0.25) is 0 Å². The van der Waals surface area contributed by atoms with Crippen molar-refractivity contribution < 1.29 is 4.74 Å². The number of nitrogens with two attached hydrogens (primary N) is 1. The van der Waals surface area contributed by atoms with Crippen molar-refractivity contribution >= 4 is 23.2 Å². The largest absolute Gasteiger partial charge is 0.491 e. The van der Waals surface area contributed by atoms with Gasteiger partial charge in [0.1, 0.15) is 0 Å². The molecule has 0 aromatic heterocycles. The van der Waals surface area contributed by atoms with Crippen molar-refractivity contribution in [3.63, 3.8) is 0 Å². The van der Waals surface area contributed by atoms with E-state index in [9.17, 15) is 0 Å². The highest BCUT2D eigenvalue weighted by Crippen LogP contribution is 2.35. The van der Waals surface area contributed by atoms with Gasteiger partial charge >= 0.3 is 0 Å². The number of ether oxygens (including phenoxy) is 1. The predicted octanol–water partition coefficient (Wildman–Crippen LogP) is 3.41. The van der Waals surface area contributed by atoms with Crippen LogP contribution in [0.15, 0.2) is 12.1 Å². The maximum absolute atomic E-state index is 5.99. The standard InChI is InChI=1S/C10H13Cl2NO/c1-3-14-10-8(11)4-7(6(2)13)5-9(10)12/h4-6H,3,13H2,1-2H3. The van der Waals surface area contributed by atoms with Crippen LogP contribution in [0, 0.1) is 0 Å². The van der Waals surface area contributed by atoms with Crippen LogP contribution in [0.5, 0.6) is 5.75 Å². The van der Waals surface area contributed by atoms with Crippen molar-refractivity contribution in [2.75, 3.05) is 6.61 Å². The van der Waals surface area contributed by atoms with Gasteiger partial charge < -0.3 is 10.5 Å². The minimum atomic E-state index is -0.0827. The fourth-order valence-corrected chi connectivity index (χ4v) is 1.74. The fourth-order valence-electron chi connectivity index (χ4n) is 1.12. The smallest absolute Gasteiger partial charge is 0.156 e. The number of hydrogen-bond acceptors (Lipinski definition) is 2. The molecular formula is C10H13Cl2NO. The summed E-state index contributed by atoms with van der Waals surface area (Å²) in [5.41, 5.74) is 6.62. The SMILES string of the molecule is CCOc1c(Cl)cc(C(C)N)cc1Cl. The van der Waals surface area contributed by atoms with E-state index in [2.05, 4.69) is 0 Å². The third-order valence-corrected chi connectivity index (χ3v) is 2.40. The Kier molecular flexibility index (Phi) is 4.05. The van der Waals surface area contributed by atoms with E-state index >= 15 is 0 Å². The molecular weight excluding hydrogens is 221 g/mol. The van der Waals surface area contributed by atoms with Gasteiger partial charge in [0.25, 0.3) is 0 Å². The molecule has 4 heteroatoms. The molecule has 0 fully saturated rings. The molecule has 2 nitrogen and oxygen atoms in total. The number of hydrogen-bond donors (Lipinski definition) is 1. The minimum Gasteiger partial charge on any atom is -0.491 e. The monoisotopic (exact) mass is 233 g/mol. The normalized spacial score (nSPS) is 12.6. The Balaban J connectivity index is 3.11. The van der Waals surface area contributed by atoms with Crippen LogP contribution < -0.4 is 10.5 Å². The van der Waals surface area contributed by atoms with Crippen LogP contribution in [0.1, 0.15) is 25.5 Å². The highest BCUT2D eigenvalue weighted by Gasteiger charge is 2.10. The van der Waals surface area contributed by atoms with Crippen molar-refractivity contribution in [3.8, 4) is 5.75 Å². The molecule has 0 aliphatic rings. The van der Waals surface area contributed by atoms with Gasteiger partial charge in [-0.3, -0.25) is 0 Å². The molecule has 0 saturated carbocycles. The highest BCUT2D eigenvalue weighted by molar-refractivity contribution is 6.37. The maximum atomic E-state index is 5.99. The average molecular weight is 234 g/mol. The quantitative estimate of drug-likeness (QED) is 0.869. The Morgan fingerprint density at radius 2 is 1.86 bits per heavy atom. The molecule has 0 saturated heterocycles. The van der Waals surface area contributed by atoms with Gasteiger partial charge in [0.15, 0.2) is 5.75 Å². The molecule has 0 aliphatic heterocycles. The summed E-state index contributed by atoms with van der Waals surface area (Å²) < 4.78 is 5.30. The molecule has 0 bridgehead atoms. The van der Waals surface area contributed by atoms with E-state index in [4.69, 9.17) is 33.7 Å². The average Bonchev–Trinajstić information content (AvgIpc) is 2.10.